The van der Waals surface area contributed by atoms with E-state index in [2.05, 4.69) is 21.0 Å². The zero-order chi connectivity index (χ0) is 13.9. The van der Waals surface area contributed by atoms with E-state index in [4.69, 9.17) is 0 Å². The van der Waals surface area contributed by atoms with Gasteiger partial charge in [0.05, 0.1) is 21.3 Å². The number of carbonyl (C=O) groups is 1. The van der Waals surface area contributed by atoms with Crippen LogP contribution in [0.2, 0.25) is 0 Å². The predicted octanol–water partition coefficient (Wildman–Crippen LogP) is 3.41. The summed E-state index contributed by atoms with van der Waals surface area (Å²) in [5.41, 5.74) is 1.21. The van der Waals surface area contributed by atoms with Gasteiger partial charge in [0.1, 0.15) is 0 Å². The van der Waals surface area contributed by atoms with E-state index in [1.807, 2.05) is 32.4 Å². The second-order valence-corrected chi connectivity index (χ2v) is 5.42. The molecule has 0 fully saturated rings. The molecule has 0 amide bonds. The zero-order valence-corrected chi connectivity index (χ0v) is 13.0. The van der Waals surface area contributed by atoms with Crippen molar-refractivity contribution in [2.24, 2.45) is 5.41 Å². The molecule has 0 spiro atoms. The third-order valence-corrected chi connectivity index (χ3v) is 4.80. The minimum absolute atomic E-state index is 0.518. The minimum Gasteiger partial charge on any atom is -0.481 e. The van der Waals surface area contributed by atoms with Gasteiger partial charge in [-0.15, -0.1) is 0 Å². The molecule has 1 heterocycles. The highest BCUT2D eigenvalue weighted by Gasteiger charge is 2.37. The van der Waals surface area contributed by atoms with Crippen LogP contribution in [-0.4, -0.2) is 20.9 Å². The molecule has 1 N–H and O–H groups in total. The Kier molecular flexibility index (Phi) is 4.96. The van der Waals surface area contributed by atoms with E-state index < -0.39 is 11.4 Å². The average molecular weight is 317 g/mol. The molecule has 0 radical (unpaired) electrons. The van der Waals surface area contributed by atoms with Crippen LogP contribution in [0.4, 0.5) is 0 Å². The van der Waals surface area contributed by atoms with Gasteiger partial charge < -0.3 is 5.11 Å². The molecule has 0 aliphatic heterocycles. The monoisotopic (exact) mass is 316 g/mol. The molecule has 4 nitrogen and oxygen atoms in total. The van der Waals surface area contributed by atoms with Gasteiger partial charge >= 0.3 is 5.97 Å². The third-order valence-electron chi connectivity index (χ3n) is 3.77. The SMILES string of the molecule is CCn1nc(C)c(Br)c1CC(CC)(CC)C(=O)O. The number of carboxylic acids is 1. The van der Waals surface area contributed by atoms with Crippen molar-refractivity contribution in [3.05, 3.63) is 15.9 Å². The number of hydrogen-bond donors (Lipinski definition) is 1. The molecule has 0 atom stereocenters. The molecule has 0 unspecified atom stereocenters. The second-order valence-electron chi connectivity index (χ2n) is 4.63. The van der Waals surface area contributed by atoms with Crippen LogP contribution < -0.4 is 0 Å². The maximum Gasteiger partial charge on any atom is 0.310 e. The lowest BCUT2D eigenvalue weighted by Crippen LogP contribution is -2.33. The van der Waals surface area contributed by atoms with Crippen molar-refractivity contribution in [1.82, 2.24) is 9.78 Å². The molecule has 0 aliphatic carbocycles. The lowest BCUT2D eigenvalue weighted by atomic mass is 9.78. The molecular weight excluding hydrogens is 296 g/mol. The van der Waals surface area contributed by atoms with Gasteiger partial charge in [-0.1, -0.05) is 13.8 Å². The Labute approximate surface area is 117 Å². The van der Waals surface area contributed by atoms with E-state index >= 15 is 0 Å². The lowest BCUT2D eigenvalue weighted by molar-refractivity contribution is -0.149. The van der Waals surface area contributed by atoms with Crippen molar-refractivity contribution in [3.63, 3.8) is 0 Å². The topological polar surface area (TPSA) is 55.1 Å². The fourth-order valence-electron chi connectivity index (χ4n) is 2.24. The Morgan fingerprint density at radius 1 is 1.39 bits per heavy atom. The first-order valence-corrected chi connectivity index (χ1v) is 7.16. The van der Waals surface area contributed by atoms with Crippen molar-refractivity contribution >= 4 is 21.9 Å². The maximum atomic E-state index is 11.6. The number of halogens is 1. The largest absolute Gasteiger partial charge is 0.481 e. The molecule has 0 saturated carbocycles. The highest BCUT2D eigenvalue weighted by atomic mass is 79.9. The van der Waals surface area contributed by atoms with Gasteiger partial charge in [-0.25, -0.2) is 0 Å². The summed E-state index contributed by atoms with van der Waals surface area (Å²) in [4.78, 5) is 11.6. The Hall–Kier alpha value is -0.840. The van der Waals surface area contributed by atoms with Crippen LogP contribution in [0.3, 0.4) is 0 Å². The lowest BCUT2D eigenvalue weighted by Gasteiger charge is -2.27. The number of rotatable bonds is 6. The Morgan fingerprint density at radius 2 is 1.94 bits per heavy atom. The highest BCUT2D eigenvalue weighted by molar-refractivity contribution is 9.10. The molecule has 1 rings (SSSR count). The summed E-state index contributed by atoms with van der Waals surface area (Å²) in [6.45, 7) is 8.57. The summed E-state index contributed by atoms with van der Waals surface area (Å²) >= 11 is 3.53. The second kappa shape index (κ2) is 5.87. The van der Waals surface area contributed by atoms with E-state index in [9.17, 15) is 9.90 Å². The zero-order valence-electron chi connectivity index (χ0n) is 11.5. The number of aryl methyl sites for hydroxylation is 2. The van der Waals surface area contributed by atoms with Crippen LogP contribution in [-0.2, 0) is 17.8 Å². The molecular formula is C13H21BrN2O2. The molecule has 18 heavy (non-hydrogen) atoms. The van der Waals surface area contributed by atoms with Gasteiger partial charge in [0.2, 0.25) is 0 Å². The van der Waals surface area contributed by atoms with Crippen molar-refractivity contribution < 1.29 is 9.90 Å². The molecule has 0 aliphatic rings. The van der Waals surface area contributed by atoms with Gasteiger partial charge in [-0.3, -0.25) is 9.48 Å². The summed E-state index contributed by atoms with van der Waals surface area (Å²) in [6, 6.07) is 0. The maximum absolute atomic E-state index is 11.6. The average Bonchev–Trinajstić information content (AvgIpc) is 2.62. The normalized spacial score (nSPS) is 11.8. The fourth-order valence-corrected chi connectivity index (χ4v) is 2.66. The summed E-state index contributed by atoms with van der Waals surface area (Å²) in [6.07, 6.45) is 1.77. The Balaban J connectivity index is 3.19. The summed E-state index contributed by atoms with van der Waals surface area (Å²) in [7, 11) is 0. The Bertz CT molecular complexity index is 436. The van der Waals surface area contributed by atoms with Crippen LogP contribution in [0.15, 0.2) is 4.47 Å². The van der Waals surface area contributed by atoms with Crippen molar-refractivity contribution in [3.8, 4) is 0 Å². The van der Waals surface area contributed by atoms with Gasteiger partial charge in [0.15, 0.2) is 0 Å². The predicted molar refractivity (Wildman–Crippen MR) is 74.7 cm³/mol. The first kappa shape index (κ1) is 15.2. The molecule has 1 aromatic rings. The molecule has 0 bridgehead atoms. The van der Waals surface area contributed by atoms with Crippen LogP contribution >= 0.6 is 15.9 Å². The molecule has 1 aromatic heterocycles. The van der Waals surface area contributed by atoms with E-state index in [1.54, 1.807) is 0 Å². The third kappa shape index (κ3) is 2.60. The van der Waals surface area contributed by atoms with Crippen LogP contribution in [0, 0.1) is 12.3 Å². The number of aliphatic carboxylic acids is 1. The van der Waals surface area contributed by atoms with Gasteiger partial charge in [0.25, 0.3) is 0 Å². The first-order valence-electron chi connectivity index (χ1n) is 6.37. The van der Waals surface area contributed by atoms with Crippen LogP contribution in [0.5, 0.6) is 0 Å². The molecule has 0 aromatic carbocycles. The quantitative estimate of drug-likeness (QED) is 0.875. The van der Waals surface area contributed by atoms with Crippen LogP contribution in [0.25, 0.3) is 0 Å². The molecule has 0 saturated heterocycles. The molecule has 5 heteroatoms. The highest BCUT2D eigenvalue weighted by Crippen LogP contribution is 2.34. The van der Waals surface area contributed by atoms with E-state index in [0.29, 0.717) is 19.3 Å². The van der Waals surface area contributed by atoms with Crippen molar-refractivity contribution in [2.75, 3.05) is 0 Å². The number of nitrogens with zero attached hydrogens (tertiary/aromatic N) is 2. The van der Waals surface area contributed by atoms with Gasteiger partial charge in [-0.05, 0) is 42.6 Å². The summed E-state index contributed by atoms with van der Waals surface area (Å²) in [5, 5.41) is 13.9. The first-order chi connectivity index (χ1) is 8.41. The van der Waals surface area contributed by atoms with E-state index in [-0.39, 0.29) is 0 Å². The standard InChI is InChI=1S/C13H21BrN2O2/c1-5-13(6-2,12(17)18)8-10-11(14)9(4)15-16(10)7-3/h5-8H2,1-4H3,(H,17,18). The minimum atomic E-state index is -0.721. The van der Waals surface area contributed by atoms with Crippen LogP contribution in [0.1, 0.15) is 45.0 Å². The number of hydrogen-bond acceptors (Lipinski definition) is 2. The van der Waals surface area contributed by atoms with E-state index in [0.717, 1.165) is 22.4 Å². The number of carboxylic acid groups (broad SMARTS) is 1. The fraction of sp³-hybridized carbons (Fsp3) is 0.692. The van der Waals surface area contributed by atoms with Gasteiger partial charge in [0, 0.05) is 13.0 Å². The Morgan fingerprint density at radius 3 is 2.33 bits per heavy atom. The summed E-state index contributed by atoms with van der Waals surface area (Å²) < 4.78 is 2.83. The van der Waals surface area contributed by atoms with Crippen molar-refractivity contribution in [2.45, 2.75) is 53.5 Å². The number of aromatic nitrogens is 2. The smallest absolute Gasteiger partial charge is 0.310 e. The van der Waals surface area contributed by atoms with Gasteiger partial charge in [-0.2, -0.15) is 5.10 Å². The summed E-state index contributed by atoms with van der Waals surface area (Å²) in [5.74, 6) is -0.721. The van der Waals surface area contributed by atoms with Crippen molar-refractivity contribution in [1.29, 1.82) is 0 Å². The van der Waals surface area contributed by atoms with E-state index in [1.165, 1.54) is 0 Å². The molecule has 102 valence electrons.